The van der Waals surface area contributed by atoms with Gasteiger partial charge in [-0.05, 0) is 48.9 Å². The first-order valence-corrected chi connectivity index (χ1v) is 9.69. The Kier molecular flexibility index (Phi) is 5.76. The van der Waals surface area contributed by atoms with E-state index in [0.717, 1.165) is 23.3 Å². The summed E-state index contributed by atoms with van der Waals surface area (Å²) in [5.74, 6) is -0.147. The molecule has 2 amide bonds. The number of carbonyl (C=O) groups is 2. The van der Waals surface area contributed by atoms with E-state index < -0.39 is 0 Å². The maximum absolute atomic E-state index is 12.6. The molecule has 1 aliphatic rings. The van der Waals surface area contributed by atoms with E-state index in [0.29, 0.717) is 18.1 Å². The maximum atomic E-state index is 12.6. The van der Waals surface area contributed by atoms with Crippen LogP contribution in [0.4, 0.5) is 0 Å². The SMILES string of the molecule is C[C@@H](NC(=O)[C@@H]1CCCN(C(=O)c2cccs2)C1)c1cccc(Cl)c1. The third-order valence-corrected chi connectivity index (χ3v) is 5.61. The fraction of sp³-hybridized carbons (Fsp3) is 0.368. The van der Waals surface area contributed by atoms with Crippen molar-refractivity contribution in [3.05, 3.63) is 57.2 Å². The summed E-state index contributed by atoms with van der Waals surface area (Å²) >= 11 is 7.46. The number of halogens is 1. The number of hydrogen-bond donors (Lipinski definition) is 1. The molecule has 2 atom stereocenters. The minimum absolute atomic E-state index is 0.00356. The lowest BCUT2D eigenvalue weighted by atomic mass is 9.96. The van der Waals surface area contributed by atoms with Crippen molar-refractivity contribution < 1.29 is 9.59 Å². The fourth-order valence-corrected chi connectivity index (χ4v) is 4.01. The zero-order chi connectivity index (χ0) is 17.8. The van der Waals surface area contributed by atoms with Crippen LogP contribution in [0.2, 0.25) is 5.02 Å². The van der Waals surface area contributed by atoms with E-state index in [9.17, 15) is 9.59 Å². The Balaban J connectivity index is 1.61. The highest BCUT2D eigenvalue weighted by Crippen LogP contribution is 2.22. The number of thiophene rings is 1. The van der Waals surface area contributed by atoms with Gasteiger partial charge in [0.1, 0.15) is 0 Å². The lowest BCUT2D eigenvalue weighted by molar-refractivity contribution is -0.127. The average molecular weight is 377 g/mol. The topological polar surface area (TPSA) is 49.4 Å². The van der Waals surface area contributed by atoms with Crippen LogP contribution in [-0.2, 0) is 4.79 Å². The van der Waals surface area contributed by atoms with Crippen LogP contribution in [0.3, 0.4) is 0 Å². The van der Waals surface area contributed by atoms with Crippen LogP contribution in [0.5, 0.6) is 0 Å². The van der Waals surface area contributed by atoms with E-state index in [1.807, 2.05) is 48.7 Å². The van der Waals surface area contributed by atoms with Gasteiger partial charge in [0.2, 0.25) is 5.91 Å². The van der Waals surface area contributed by atoms with Crippen molar-refractivity contribution in [1.82, 2.24) is 10.2 Å². The smallest absolute Gasteiger partial charge is 0.263 e. The Bertz CT molecular complexity index is 748. The first-order chi connectivity index (χ1) is 12.0. The Labute approximate surface area is 156 Å². The third kappa shape index (κ3) is 4.41. The van der Waals surface area contributed by atoms with E-state index in [1.54, 1.807) is 4.90 Å². The molecular weight excluding hydrogens is 356 g/mol. The fourth-order valence-electron chi connectivity index (χ4n) is 3.12. The van der Waals surface area contributed by atoms with E-state index in [-0.39, 0.29) is 23.8 Å². The van der Waals surface area contributed by atoms with E-state index in [2.05, 4.69) is 5.32 Å². The van der Waals surface area contributed by atoms with E-state index >= 15 is 0 Å². The van der Waals surface area contributed by atoms with Crippen molar-refractivity contribution in [2.75, 3.05) is 13.1 Å². The molecule has 1 N–H and O–H groups in total. The van der Waals surface area contributed by atoms with E-state index in [4.69, 9.17) is 11.6 Å². The predicted molar refractivity (Wildman–Crippen MR) is 101 cm³/mol. The van der Waals surface area contributed by atoms with Gasteiger partial charge in [-0.15, -0.1) is 11.3 Å². The van der Waals surface area contributed by atoms with Gasteiger partial charge in [-0.1, -0.05) is 29.8 Å². The summed E-state index contributed by atoms with van der Waals surface area (Å²) in [4.78, 5) is 27.7. The first kappa shape index (κ1) is 18.0. The van der Waals surface area contributed by atoms with Crippen LogP contribution in [0, 0.1) is 5.92 Å². The van der Waals surface area contributed by atoms with E-state index in [1.165, 1.54) is 11.3 Å². The molecule has 0 unspecified atom stereocenters. The Hall–Kier alpha value is -1.85. The minimum atomic E-state index is -0.167. The molecule has 1 saturated heterocycles. The Morgan fingerprint density at radius 2 is 2.16 bits per heavy atom. The lowest BCUT2D eigenvalue weighted by Gasteiger charge is -2.32. The second kappa shape index (κ2) is 8.02. The summed E-state index contributed by atoms with van der Waals surface area (Å²) in [5.41, 5.74) is 0.975. The van der Waals surface area contributed by atoms with Crippen LogP contribution in [0.1, 0.15) is 41.0 Å². The highest BCUT2D eigenvalue weighted by atomic mass is 35.5. The van der Waals surface area contributed by atoms with Gasteiger partial charge in [0, 0.05) is 18.1 Å². The van der Waals surface area contributed by atoms with Gasteiger partial charge >= 0.3 is 0 Å². The molecule has 2 heterocycles. The van der Waals surface area contributed by atoms with Crippen molar-refractivity contribution in [1.29, 1.82) is 0 Å². The molecule has 1 aliphatic heterocycles. The standard InChI is InChI=1S/C19H21ClN2O2S/c1-13(14-5-2-7-16(20)11-14)21-18(23)15-6-3-9-22(12-15)19(24)17-8-4-10-25-17/h2,4-5,7-8,10-11,13,15H,3,6,9,12H2,1H3,(H,21,23)/t13-,15-/m1/s1. The second-order valence-corrected chi connectivity index (χ2v) is 7.74. The maximum Gasteiger partial charge on any atom is 0.263 e. The molecular formula is C19H21ClN2O2S. The molecule has 2 aromatic rings. The van der Waals surface area contributed by atoms with Gasteiger partial charge in [-0.3, -0.25) is 9.59 Å². The van der Waals surface area contributed by atoms with Gasteiger partial charge < -0.3 is 10.2 Å². The number of benzene rings is 1. The van der Waals surface area contributed by atoms with Crippen LogP contribution in [0.25, 0.3) is 0 Å². The summed E-state index contributed by atoms with van der Waals surface area (Å²) < 4.78 is 0. The summed E-state index contributed by atoms with van der Waals surface area (Å²) in [6.07, 6.45) is 1.66. The third-order valence-electron chi connectivity index (χ3n) is 4.52. The quantitative estimate of drug-likeness (QED) is 0.872. The normalized spacial score (nSPS) is 18.6. The molecule has 0 aliphatic carbocycles. The summed E-state index contributed by atoms with van der Waals surface area (Å²) in [7, 11) is 0. The number of amides is 2. The van der Waals surface area contributed by atoms with Gasteiger partial charge in [0.15, 0.2) is 0 Å². The number of piperidine rings is 1. The minimum Gasteiger partial charge on any atom is -0.349 e. The van der Waals surface area contributed by atoms with Crippen LogP contribution in [-0.4, -0.2) is 29.8 Å². The molecule has 3 rings (SSSR count). The van der Waals surface area contributed by atoms with Crippen molar-refractivity contribution in [3.8, 4) is 0 Å². The monoisotopic (exact) mass is 376 g/mol. The zero-order valence-electron chi connectivity index (χ0n) is 14.1. The van der Waals surface area contributed by atoms with Crippen molar-refractivity contribution >= 4 is 34.8 Å². The van der Waals surface area contributed by atoms with Gasteiger partial charge in [0.25, 0.3) is 5.91 Å². The highest BCUT2D eigenvalue weighted by Gasteiger charge is 2.29. The number of nitrogens with zero attached hydrogens (tertiary/aromatic N) is 1. The number of hydrogen-bond acceptors (Lipinski definition) is 3. The molecule has 0 radical (unpaired) electrons. The summed E-state index contributed by atoms with van der Waals surface area (Å²) in [6.45, 7) is 3.14. The second-order valence-electron chi connectivity index (χ2n) is 6.35. The van der Waals surface area contributed by atoms with Crippen molar-refractivity contribution in [2.45, 2.75) is 25.8 Å². The lowest BCUT2D eigenvalue weighted by Crippen LogP contribution is -2.45. The molecule has 132 valence electrons. The number of likely N-dealkylation sites (tertiary alicyclic amines) is 1. The average Bonchev–Trinajstić information content (AvgIpc) is 3.15. The number of rotatable bonds is 4. The Morgan fingerprint density at radius 3 is 2.88 bits per heavy atom. The van der Waals surface area contributed by atoms with Crippen LogP contribution < -0.4 is 5.32 Å². The van der Waals surface area contributed by atoms with Crippen molar-refractivity contribution in [3.63, 3.8) is 0 Å². The van der Waals surface area contributed by atoms with Crippen molar-refractivity contribution in [2.24, 2.45) is 5.92 Å². The predicted octanol–water partition coefficient (Wildman–Crippen LogP) is 4.13. The molecule has 1 aromatic heterocycles. The number of nitrogens with one attached hydrogen (secondary N) is 1. The molecule has 1 aromatic carbocycles. The van der Waals surface area contributed by atoms with Crippen LogP contribution >= 0.6 is 22.9 Å². The highest BCUT2D eigenvalue weighted by molar-refractivity contribution is 7.12. The summed E-state index contributed by atoms with van der Waals surface area (Å²) in [5, 5.41) is 5.61. The Morgan fingerprint density at radius 1 is 1.32 bits per heavy atom. The molecule has 0 spiro atoms. The van der Waals surface area contributed by atoms with Gasteiger partial charge in [0.05, 0.1) is 16.8 Å². The molecule has 0 saturated carbocycles. The van der Waals surface area contributed by atoms with Gasteiger partial charge in [-0.2, -0.15) is 0 Å². The zero-order valence-corrected chi connectivity index (χ0v) is 15.6. The molecule has 6 heteroatoms. The molecule has 1 fully saturated rings. The van der Waals surface area contributed by atoms with Gasteiger partial charge in [-0.25, -0.2) is 0 Å². The molecule has 4 nitrogen and oxygen atoms in total. The first-order valence-electron chi connectivity index (χ1n) is 8.43. The molecule has 25 heavy (non-hydrogen) atoms. The summed E-state index contributed by atoms with van der Waals surface area (Å²) in [6, 6.07) is 11.1. The number of carbonyl (C=O) groups excluding carboxylic acids is 2. The van der Waals surface area contributed by atoms with Crippen LogP contribution in [0.15, 0.2) is 41.8 Å². The largest absolute Gasteiger partial charge is 0.349 e. The molecule has 0 bridgehead atoms.